The molecule has 140 valence electrons. The molecule has 0 aliphatic carbocycles. The summed E-state index contributed by atoms with van der Waals surface area (Å²) in [6, 6.07) is 11.0. The third-order valence-electron chi connectivity index (χ3n) is 3.52. The second-order valence-electron chi connectivity index (χ2n) is 5.51. The van der Waals surface area contributed by atoms with Gasteiger partial charge < -0.3 is 10.2 Å². The summed E-state index contributed by atoms with van der Waals surface area (Å²) in [5.41, 5.74) is -0.562. The number of benzene rings is 2. The summed E-state index contributed by atoms with van der Waals surface area (Å²) < 4.78 is 38.7. The molecule has 0 unspecified atom stereocenters. The second kappa shape index (κ2) is 8.10. The fourth-order valence-electron chi connectivity index (χ4n) is 2.29. The standard InChI is InChI=1S/C18H13ClF3N3O2/c1-11(26)25(14-4-2-3-12(7-14)9-23)10-17(27)24-13-5-6-16(19)15(8-13)18(20,21)22/h2-8H,10H2,1H3,(H,24,27). The van der Waals surface area contributed by atoms with E-state index in [1.807, 2.05) is 6.07 Å². The zero-order chi connectivity index (χ0) is 20.2. The number of hydrogen-bond acceptors (Lipinski definition) is 3. The number of halogens is 4. The number of nitrogens with one attached hydrogen (secondary N) is 1. The lowest BCUT2D eigenvalue weighted by atomic mass is 10.2. The summed E-state index contributed by atoms with van der Waals surface area (Å²) in [5.74, 6) is -1.17. The van der Waals surface area contributed by atoms with E-state index in [1.54, 1.807) is 12.1 Å². The summed E-state index contributed by atoms with van der Waals surface area (Å²) in [5, 5.41) is 10.8. The van der Waals surface area contributed by atoms with Crippen LogP contribution < -0.4 is 10.2 Å². The van der Waals surface area contributed by atoms with Crippen molar-refractivity contribution >= 4 is 34.8 Å². The lowest BCUT2D eigenvalue weighted by Crippen LogP contribution is -2.36. The molecule has 0 heterocycles. The molecule has 2 aromatic rings. The molecule has 0 spiro atoms. The first kappa shape index (κ1) is 20.3. The van der Waals surface area contributed by atoms with Crippen molar-refractivity contribution in [2.75, 3.05) is 16.8 Å². The molecule has 0 radical (unpaired) electrons. The van der Waals surface area contributed by atoms with Gasteiger partial charge in [0, 0.05) is 18.3 Å². The molecule has 0 bridgehead atoms. The van der Waals surface area contributed by atoms with Crippen LogP contribution in [0, 0.1) is 11.3 Å². The van der Waals surface area contributed by atoms with Crippen molar-refractivity contribution in [1.29, 1.82) is 5.26 Å². The number of anilines is 2. The Morgan fingerprint density at radius 1 is 1.22 bits per heavy atom. The van der Waals surface area contributed by atoms with E-state index in [0.717, 1.165) is 11.0 Å². The molecular formula is C18H13ClF3N3O2. The maximum atomic E-state index is 12.9. The number of carbonyl (C=O) groups is 2. The summed E-state index contributed by atoms with van der Waals surface area (Å²) in [6.07, 6.45) is -4.67. The third-order valence-corrected chi connectivity index (χ3v) is 3.85. The molecule has 0 saturated carbocycles. The van der Waals surface area contributed by atoms with Gasteiger partial charge in [-0.3, -0.25) is 9.59 Å². The van der Waals surface area contributed by atoms with Gasteiger partial charge in [0.15, 0.2) is 0 Å². The molecule has 27 heavy (non-hydrogen) atoms. The Morgan fingerprint density at radius 3 is 2.52 bits per heavy atom. The number of hydrogen-bond donors (Lipinski definition) is 1. The minimum atomic E-state index is -4.67. The molecule has 2 amide bonds. The zero-order valence-corrected chi connectivity index (χ0v) is 14.7. The quantitative estimate of drug-likeness (QED) is 0.842. The van der Waals surface area contributed by atoms with Crippen molar-refractivity contribution in [2.45, 2.75) is 13.1 Å². The molecule has 0 fully saturated rings. The number of nitrogens with zero attached hydrogens (tertiary/aromatic N) is 2. The summed E-state index contributed by atoms with van der Waals surface area (Å²) in [7, 11) is 0. The Morgan fingerprint density at radius 2 is 1.93 bits per heavy atom. The van der Waals surface area contributed by atoms with Crippen molar-refractivity contribution in [3.8, 4) is 6.07 Å². The van der Waals surface area contributed by atoms with E-state index in [2.05, 4.69) is 5.32 Å². The lowest BCUT2D eigenvalue weighted by Gasteiger charge is -2.21. The summed E-state index contributed by atoms with van der Waals surface area (Å²) >= 11 is 5.54. The van der Waals surface area contributed by atoms with Gasteiger partial charge in [-0.05, 0) is 36.4 Å². The first-order valence-corrected chi connectivity index (χ1v) is 7.94. The largest absolute Gasteiger partial charge is 0.417 e. The Bertz CT molecular complexity index is 923. The van der Waals surface area contributed by atoms with Gasteiger partial charge in [0.25, 0.3) is 0 Å². The predicted octanol–water partition coefficient (Wildman–Crippen LogP) is 4.22. The van der Waals surface area contributed by atoms with Crippen molar-refractivity contribution in [1.82, 2.24) is 0 Å². The van der Waals surface area contributed by atoms with E-state index >= 15 is 0 Å². The minimum Gasteiger partial charge on any atom is -0.325 e. The first-order valence-electron chi connectivity index (χ1n) is 7.56. The maximum absolute atomic E-state index is 12.9. The topological polar surface area (TPSA) is 73.2 Å². The van der Waals surface area contributed by atoms with Gasteiger partial charge in [0.05, 0.1) is 22.2 Å². The van der Waals surface area contributed by atoms with Crippen molar-refractivity contribution < 1.29 is 22.8 Å². The van der Waals surface area contributed by atoms with Crippen molar-refractivity contribution in [2.24, 2.45) is 0 Å². The van der Waals surface area contributed by atoms with Crippen LogP contribution in [0.15, 0.2) is 42.5 Å². The van der Waals surface area contributed by atoms with E-state index in [-0.39, 0.29) is 5.69 Å². The van der Waals surface area contributed by atoms with Crippen LogP contribution in [-0.2, 0) is 15.8 Å². The third kappa shape index (κ3) is 5.21. The van der Waals surface area contributed by atoms with E-state index in [9.17, 15) is 22.8 Å². The van der Waals surface area contributed by atoms with Crippen molar-refractivity contribution in [3.63, 3.8) is 0 Å². The molecule has 0 saturated heterocycles. The van der Waals surface area contributed by atoms with Gasteiger partial charge in [-0.15, -0.1) is 0 Å². The lowest BCUT2D eigenvalue weighted by molar-refractivity contribution is -0.137. The van der Waals surface area contributed by atoms with Crippen LogP contribution in [0.4, 0.5) is 24.5 Å². The molecular weight excluding hydrogens is 383 g/mol. The van der Waals surface area contributed by atoms with Crippen LogP contribution in [0.5, 0.6) is 0 Å². The highest BCUT2D eigenvalue weighted by atomic mass is 35.5. The first-order chi connectivity index (χ1) is 12.6. The maximum Gasteiger partial charge on any atom is 0.417 e. The van der Waals surface area contributed by atoms with E-state index in [1.165, 1.54) is 25.1 Å². The monoisotopic (exact) mass is 395 g/mol. The summed E-state index contributed by atoms with van der Waals surface area (Å²) in [6.45, 7) is 0.796. The predicted molar refractivity (Wildman–Crippen MR) is 94.3 cm³/mol. The van der Waals surface area contributed by atoms with E-state index in [0.29, 0.717) is 17.3 Å². The molecule has 1 N–H and O–H groups in total. The zero-order valence-electron chi connectivity index (χ0n) is 14.0. The highest BCUT2D eigenvalue weighted by Gasteiger charge is 2.33. The highest BCUT2D eigenvalue weighted by Crippen LogP contribution is 2.36. The Labute approximate surface area is 158 Å². The molecule has 2 aromatic carbocycles. The number of alkyl halides is 3. The number of rotatable bonds is 4. The van der Waals surface area contributed by atoms with E-state index < -0.39 is 35.1 Å². The Kier molecular flexibility index (Phi) is 6.08. The Hall–Kier alpha value is -3.05. The van der Waals surface area contributed by atoms with Crippen LogP contribution in [-0.4, -0.2) is 18.4 Å². The number of amides is 2. The van der Waals surface area contributed by atoms with Crippen molar-refractivity contribution in [3.05, 3.63) is 58.6 Å². The van der Waals surface area contributed by atoms with Crippen LogP contribution >= 0.6 is 11.6 Å². The summed E-state index contributed by atoms with van der Waals surface area (Å²) in [4.78, 5) is 25.2. The molecule has 2 rings (SSSR count). The molecule has 0 aliphatic rings. The normalized spacial score (nSPS) is 10.8. The van der Waals surface area contributed by atoms with Gasteiger partial charge in [0.1, 0.15) is 6.54 Å². The van der Waals surface area contributed by atoms with E-state index in [4.69, 9.17) is 16.9 Å². The SMILES string of the molecule is CC(=O)N(CC(=O)Nc1ccc(Cl)c(C(F)(F)F)c1)c1cccc(C#N)c1. The van der Waals surface area contributed by atoms with Crippen LogP contribution in [0.2, 0.25) is 5.02 Å². The van der Waals surface area contributed by atoms with Crippen LogP contribution in [0.1, 0.15) is 18.1 Å². The smallest absolute Gasteiger partial charge is 0.325 e. The Balaban J connectivity index is 2.20. The van der Waals surface area contributed by atoms with Gasteiger partial charge in [-0.25, -0.2) is 0 Å². The van der Waals surface area contributed by atoms with Gasteiger partial charge in [0.2, 0.25) is 11.8 Å². The average Bonchev–Trinajstić information content (AvgIpc) is 2.60. The van der Waals surface area contributed by atoms with Gasteiger partial charge in [-0.1, -0.05) is 17.7 Å². The molecule has 9 heteroatoms. The number of carbonyl (C=O) groups excluding carboxylic acids is 2. The van der Waals surface area contributed by atoms with Crippen LogP contribution in [0.25, 0.3) is 0 Å². The fraction of sp³-hybridized carbons (Fsp3) is 0.167. The van der Waals surface area contributed by atoms with Gasteiger partial charge >= 0.3 is 6.18 Å². The molecule has 0 aromatic heterocycles. The molecule has 5 nitrogen and oxygen atoms in total. The average molecular weight is 396 g/mol. The number of nitriles is 1. The molecule has 0 aliphatic heterocycles. The fourth-order valence-corrected chi connectivity index (χ4v) is 2.52. The minimum absolute atomic E-state index is 0.106. The van der Waals surface area contributed by atoms with Crippen LogP contribution in [0.3, 0.4) is 0 Å². The molecule has 0 atom stereocenters. The van der Waals surface area contributed by atoms with Gasteiger partial charge in [-0.2, -0.15) is 18.4 Å². The second-order valence-corrected chi connectivity index (χ2v) is 5.92. The highest BCUT2D eigenvalue weighted by molar-refractivity contribution is 6.31.